The van der Waals surface area contributed by atoms with Gasteiger partial charge in [-0.25, -0.2) is 0 Å². The molecule has 0 radical (unpaired) electrons. The Morgan fingerprint density at radius 2 is 1.87 bits per heavy atom. The number of phenolic OH excluding ortho intramolecular Hbond substituents is 1. The van der Waals surface area contributed by atoms with Crippen LogP contribution in [0.1, 0.15) is 29.2 Å². The molecule has 0 saturated heterocycles. The maximum Gasteiger partial charge on any atom is 0.121 e. The number of methoxy groups -OCH3 is 1. The molecule has 0 aromatic heterocycles. The molecular weight excluding hydrogens is 292 g/mol. The summed E-state index contributed by atoms with van der Waals surface area (Å²) in [6.45, 7) is 4.37. The van der Waals surface area contributed by atoms with Gasteiger partial charge in [0.1, 0.15) is 11.5 Å². The highest BCUT2D eigenvalue weighted by atomic mass is 16.5. The Morgan fingerprint density at radius 1 is 1.13 bits per heavy atom. The van der Waals surface area contributed by atoms with E-state index in [1.165, 1.54) is 0 Å². The molecule has 0 fully saturated rings. The van der Waals surface area contributed by atoms with Crippen LogP contribution in [0.2, 0.25) is 0 Å². The maximum absolute atomic E-state index is 10.2. The van der Waals surface area contributed by atoms with Crippen molar-refractivity contribution >= 4 is 0 Å². The van der Waals surface area contributed by atoms with E-state index in [4.69, 9.17) is 9.47 Å². The molecule has 4 nitrogen and oxygen atoms in total. The lowest BCUT2D eigenvalue weighted by molar-refractivity contribution is 0.102. The first kappa shape index (κ1) is 17.1. The minimum absolute atomic E-state index is 0.0740. The minimum atomic E-state index is -0.784. The molecule has 0 bridgehead atoms. The lowest BCUT2D eigenvalue weighted by atomic mass is 9.99. The second-order valence-electron chi connectivity index (χ2n) is 5.23. The number of hydrogen-bond donors (Lipinski definition) is 2. The number of phenols is 1. The van der Waals surface area contributed by atoms with E-state index in [-0.39, 0.29) is 5.75 Å². The molecule has 2 aromatic carbocycles. The van der Waals surface area contributed by atoms with Gasteiger partial charge in [-0.1, -0.05) is 30.3 Å². The molecule has 1 atom stereocenters. The summed E-state index contributed by atoms with van der Waals surface area (Å²) in [5.41, 5.74) is 2.30. The van der Waals surface area contributed by atoms with Gasteiger partial charge in [0.15, 0.2) is 0 Å². The average molecular weight is 314 g/mol. The number of rotatable bonds is 8. The van der Waals surface area contributed by atoms with Gasteiger partial charge in [0, 0.05) is 5.56 Å². The smallest absolute Gasteiger partial charge is 0.121 e. The van der Waals surface area contributed by atoms with Gasteiger partial charge in [-0.05, 0) is 35.7 Å². The molecule has 0 saturated carbocycles. The van der Waals surface area contributed by atoms with E-state index in [1.54, 1.807) is 25.3 Å². The zero-order valence-electron chi connectivity index (χ0n) is 13.2. The van der Waals surface area contributed by atoms with E-state index in [2.05, 4.69) is 6.58 Å². The van der Waals surface area contributed by atoms with Gasteiger partial charge in [0.2, 0.25) is 0 Å². The van der Waals surface area contributed by atoms with Crippen LogP contribution in [0, 0.1) is 0 Å². The summed E-state index contributed by atoms with van der Waals surface area (Å²) in [4.78, 5) is 0. The van der Waals surface area contributed by atoms with Gasteiger partial charge >= 0.3 is 0 Å². The number of hydrogen-bond acceptors (Lipinski definition) is 4. The summed E-state index contributed by atoms with van der Waals surface area (Å²) >= 11 is 0. The largest absolute Gasteiger partial charge is 0.508 e. The summed E-state index contributed by atoms with van der Waals surface area (Å²) in [5.74, 6) is 0.876. The Hall–Kier alpha value is -2.30. The van der Waals surface area contributed by atoms with Gasteiger partial charge in [-0.2, -0.15) is 0 Å². The first-order valence-corrected chi connectivity index (χ1v) is 7.46. The fourth-order valence-corrected chi connectivity index (χ4v) is 2.39. The molecule has 2 rings (SSSR count). The Kier molecular flexibility index (Phi) is 6.20. The third-order valence-corrected chi connectivity index (χ3v) is 3.58. The van der Waals surface area contributed by atoms with Crippen molar-refractivity contribution in [2.24, 2.45) is 0 Å². The number of aliphatic hydroxyl groups is 1. The number of aromatic hydroxyl groups is 1. The van der Waals surface area contributed by atoms with Gasteiger partial charge in [0.25, 0.3) is 0 Å². The van der Waals surface area contributed by atoms with Crippen molar-refractivity contribution in [3.8, 4) is 11.5 Å². The first-order valence-electron chi connectivity index (χ1n) is 7.46. The number of ether oxygens (including phenoxy) is 2. The zero-order valence-corrected chi connectivity index (χ0v) is 13.2. The third kappa shape index (κ3) is 4.58. The molecule has 0 aliphatic rings. The SMILES string of the molecule is C=CCC(O)c1c(O)cccc1COCc1ccc(OC)cc1. The summed E-state index contributed by atoms with van der Waals surface area (Å²) in [7, 11) is 1.63. The monoisotopic (exact) mass is 314 g/mol. The highest BCUT2D eigenvalue weighted by Crippen LogP contribution is 2.30. The summed E-state index contributed by atoms with van der Waals surface area (Å²) in [6.07, 6.45) is 1.22. The second-order valence-corrected chi connectivity index (χ2v) is 5.23. The normalized spacial score (nSPS) is 11.9. The first-order chi connectivity index (χ1) is 11.2. The Morgan fingerprint density at radius 3 is 2.52 bits per heavy atom. The van der Waals surface area contributed by atoms with Crippen molar-refractivity contribution in [2.45, 2.75) is 25.7 Å². The predicted molar refractivity (Wildman–Crippen MR) is 89.4 cm³/mol. The Balaban J connectivity index is 2.02. The van der Waals surface area contributed by atoms with Crippen molar-refractivity contribution in [1.29, 1.82) is 0 Å². The van der Waals surface area contributed by atoms with Crippen LogP contribution < -0.4 is 4.74 Å². The quantitative estimate of drug-likeness (QED) is 0.729. The van der Waals surface area contributed by atoms with Crippen LogP contribution in [0.5, 0.6) is 11.5 Å². The van der Waals surface area contributed by atoms with Crippen molar-refractivity contribution in [3.63, 3.8) is 0 Å². The van der Waals surface area contributed by atoms with Crippen LogP contribution >= 0.6 is 0 Å². The molecule has 0 spiro atoms. The molecule has 2 aromatic rings. The molecule has 4 heteroatoms. The van der Waals surface area contributed by atoms with Gasteiger partial charge in [-0.15, -0.1) is 6.58 Å². The molecular formula is C19H22O4. The summed E-state index contributed by atoms with van der Waals surface area (Å²) in [5, 5.41) is 20.2. The van der Waals surface area contributed by atoms with Crippen LogP contribution in [0.3, 0.4) is 0 Å². The summed E-state index contributed by atoms with van der Waals surface area (Å²) in [6, 6.07) is 12.8. The zero-order chi connectivity index (χ0) is 16.7. The van der Waals surface area contributed by atoms with Crippen LogP contribution in [-0.4, -0.2) is 17.3 Å². The van der Waals surface area contributed by atoms with Crippen LogP contribution in [-0.2, 0) is 18.0 Å². The number of benzene rings is 2. The highest BCUT2D eigenvalue weighted by molar-refractivity contribution is 5.41. The van der Waals surface area contributed by atoms with Crippen LogP contribution in [0.15, 0.2) is 55.1 Å². The predicted octanol–water partition coefficient (Wildman–Crippen LogP) is 3.73. The standard InChI is InChI=1S/C19H22O4/c1-3-5-17(20)19-15(6-4-7-18(19)21)13-23-12-14-8-10-16(22-2)11-9-14/h3-4,6-11,17,20-21H,1,5,12-13H2,2H3. The molecule has 1 unspecified atom stereocenters. The molecule has 2 N–H and O–H groups in total. The van der Waals surface area contributed by atoms with Gasteiger partial charge < -0.3 is 19.7 Å². The van der Waals surface area contributed by atoms with E-state index >= 15 is 0 Å². The molecule has 0 aliphatic heterocycles. The van der Waals surface area contributed by atoms with Crippen LogP contribution in [0.25, 0.3) is 0 Å². The van der Waals surface area contributed by atoms with Crippen molar-refractivity contribution in [3.05, 3.63) is 71.8 Å². The number of aliphatic hydroxyl groups excluding tert-OH is 1. The molecule has 0 heterocycles. The Bertz CT molecular complexity index is 634. The second kappa shape index (κ2) is 8.36. The highest BCUT2D eigenvalue weighted by Gasteiger charge is 2.15. The topological polar surface area (TPSA) is 58.9 Å². The lowest BCUT2D eigenvalue weighted by Gasteiger charge is -2.16. The molecule has 122 valence electrons. The third-order valence-electron chi connectivity index (χ3n) is 3.58. The van der Waals surface area contributed by atoms with E-state index in [0.717, 1.165) is 16.9 Å². The van der Waals surface area contributed by atoms with Gasteiger partial charge in [-0.3, -0.25) is 0 Å². The summed E-state index contributed by atoms with van der Waals surface area (Å²) < 4.78 is 10.8. The van der Waals surface area contributed by atoms with E-state index in [1.807, 2.05) is 30.3 Å². The lowest BCUT2D eigenvalue weighted by Crippen LogP contribution is -2.04. The van der Waals surface area contributed by atoms with E-state index in [9.17, 15) is 10.2 Å². The fourth-order valence-electron chi connectivity index (χ4n) is 2.39. The minimum Gasteiger partial charge on any atom is -0.508 e. The molecule has 0 amide bonds. The van der Waals surface area contributed by atoms with Crippen molar-refractivity contribution < 1.29 is 19.7 Å². The Labute approximate surface area is 136 Å². The van der Waals surface area contributed by atoms with E-state index in [0.29, 0.717) is 25.2 Å². The van der Waals surface area contributed by atoms with E-state index < -0.39 is 6.10 Å². The van der Waals surface area contributed by atoms with Crippen molar-refractivity contribution in [2.75, 3.05) is 7.11 Å². The average Bonchev–Trinajstić information content (AvgIpc) is 2.56. The fraction of sp³-hybridized carbons (Fsp3) is 0.263. The van der Waals surface area contributed by atoms with Gasteiger partial charge in [0.05, 0.1) is 26.4 Å². The molecule has 0 aliphatic carbocycles. The molecule has 23 heavy (non-hydrogen) atoms. The van der Waals surface area contributed by atoms with Crippen molar-refractivity contribution in [1.82, 2.24) is 0 Å². The maximum atomic E-state index is 10.2. The van der Waals surface area contributed by atoms with Crippen LogP contribution in [0.4, 0.5) is 0 Å².